The van der Waals surface area contributed by atoms with Crippen molar-refractivity contribution in [3.05, 3.63) is 56.0 Å². The van der Waals surface area contributed by atoms with Gasteiger partial charge < -0.3 is 0 Å². The molecular weight excluding hydrogens is 323 g/mol. The third-order valence-corrected chi connectivity index (χ3v) is 4.97. The van der Waals surface area contributed by atoms with Gasteiger partial charge in [-0.25, -0.2) is 4.39 Å². The predicted octanol–water partition coefficient (Wildman–Crippen LogP) is 5.64. The summed E-state index contributed by atoms with van der Waals surface area (Å²) in [7, 11) is 0. The SMILES string of the molecule is Cc1cc(C(Br)c2cccc(F)c2Cl)c(C)s1. The molecule has 0 aliphatic heterocycles. The summed E-state index contributed by atoms with van der Waals surface area (Å²) in [4.78, 5) is 2.41. The second kappa shape index (κ2) is 5.09. The van der Waals surface area contributed by atoms with E-state index in [1.165, 1.54) is 15.8 Å². The number of alkyl halides is 1. The highest BCUT2D eigenvalue weighted by Crippen LogP contribution is 2.39. The quantitative estimate of drug-likeness (QED) is 0.624. The van der Waals surface area contributed by atoms with E-state index in [-0.39, 0.29) is 15.7 Å². The van der Waals surface area contributed by atoms with Crippen molar-refractivity contribution in [2.45, 2.75) is 18.7 Å². The fourth-order valence-corrected chi connectivity index (χ4v) is 4.12. The first kappa shape index (κ1) is 13.1. The summed E-state index contributed by atoms with van der Waals surface area (Å²) in [6.07, 6.45) is 0. The monoisotopic (exact) mass is 332 g/mol. The van der Waals surface area contributed by atoms with Gasteiger partial charge >= 0.3 is 0 Å². The van der Waals surface area contributed by atoms with Gasteiger partial charge in [-0.3, -0.25) is 0 Å². The first-order valence-electron chi connectivity index (χ1n) is 5.15. The standard InChI is InChI=1S/C13H11BrClFS/c1-7-6-10(8(2)17-7)12(14)9-4-3-5-11(16)13(9)15/h3-6,12H,1-2H3. The Bertz CT molecular complexity index is 550. The molecule has 17 heavy (non-hydrogen) atoms. The Hall–Kier alpha value is -0.380. The van der Waals surface area contributed by atoms with Crippen LogP contribution in [0.3, 0.4) is 0 Å². The van der Waals surface area contributed by atoms with Crippen LogP contribution in [-0.4, -0.2) is 0 Å². The molecule has 0 radical (unpaired) electrons. The summed E-state index contributed by atoms with van der Waals surface area (Å²) in [5.74, 6) is -0.377. The molecule has 1 aromatic carbocycles. The second-order valence-electron chi connectivity index (χ2n) is 3.87. The number of hydrogen-bond donors (Lipinski definition) is 0. The van der Waals surface area contributed by atoms with Crippen molar-refractivity contribution in [3.63, 3.8) is 0 Å². The van der Waals surface area contributed by atoms with Gasteiger partial charge in [-0.05, 0) is 37.1 Å². The molecule has 0 aliphatic rings. The van der Waals surface area contributed by atoms with E-state index in [9.17, 15) is 4.39 Å². The van der Waals surface area contributed by atoms with E-state index in [4.69, 9.17) is 11.6 Å². The molecule has 90 valence electrons. The van der Waals surface area contributed by atoms with Gasteiger partial charge in [0.2, 0.25) is 0 Å². The van der Waals surface area contributed by atoms with Crippen molar-refractivity contribution in [1.29, 1.82) is 0 Å². The molecule has 0 aliphatic carbocycles. The Balaban J connectivity index is 2.47. The molecule has 0 N–H and O–H groups in total. The van der Waals surface area contributed by atoms with Gasteiger partial charge in [0.15, 0.2) is 0 Å². The van der Waals surface area contributed by atoms with Crippen LogP contribution in [0.5, 0.6) is 0 Å². The molecule has 4 heteroatoms. The normalized spacial score (nSPS) is 12.8. The van der Waals surface area contributed by atoms with Gasteiger partial charge in [0, 0.05) is 9.75 Å². The molecule has 1 unspecified atom stereocenters. The number of hydrogen-bond acceptors (Lipinski definition) is 1. The summed E-state index contributed by atoms with van der Waals surface area (Å²) >= 11 is 11.3. The van der Waals surface area contributed by atoms with Gasteiger partial charge in [0.1, 0.15) is 5.82 Å². The van der Waals surface area contributed by atoms with Crippen LogP contribution in [0.15, 0.2) is 24.3 Å². The maximum Gasteiger partial charge on any atom is 0.142 e. The molecule has 0 nitrogen and oxygen atoms in total. The summed E-state index contributed by atoms with van der Waals surface area (Å²) in [5, 5.41) is 0.192. The largest absolute Gasteiger partial charge is 0.205 e. The molecule has 2 aromatic rings. The zero-order valence-corrected chi connectivity index (χ0v) is 12.6. The maximum atomic E-state index is 13.4. The van der Waals surface area contributed by atoms with Crippen molar-refractivity contribution in [2.75, 3.05) is 0 Å². The highest BCUT2D eigenvalue weighted by Gasteiger charge is 2.19. The van der Waals surface area contributed by atoms with E-state index in [0.717, 1.165) is 11.1 Å². The van der Waals surface area contributed by atoms with Crippen molar-refractivity contribution in [1.82, 2.24) is 0 Å². The minimum absolute atomic E-state index is 0.0596. The van der Waals surface area contributed by atoms with Crippen molar-refractivity contribution >= 4 is 38.9 Å². The summed E-state index contributed by atoms with van der Waals surface area (Å²) in [5.41, 5.74) is 1.92. The number of thiophene rings is 1. The van der Waals surface area contributed by atoms with Crippen LogP contribution < -0.4 is 0 Å². The van der Waals surface area contributed by atoms with Gasteiger partial charge in [0.05, 0.1) is 9.85 Å². The van der Waals surface area contributed by atoms with Crippen molar-refractivity contribution in [3.8, 4) is 0 Å². The minimum Gasteiger partial charge on any atom is -0.205 e. The third kappa shape index (κ3) is 2.56. The van der Waals surface area contributed by atoms with Crippen LogP contribution in [0.4, 0.5) is 4.39 Å². The van der Waals surface area contributed by atoms with Crippen molar-refractivity contribution < 1.29 is 4.39 Å². The summed E-state index contributed by atoms with van der Waals surface area (Å²) < 4.78 is 13.4. The molecular formula is C13H11BrClFS. The lowest BCUT2D eigenvalue weighted by molar-refractivity contribution is 0.626. The molecule has 0 spiro atoms. The lowest BCUT2D eigenvalue weighted by Gasteiger charge is -2.12. The highest BCUT2D eigenvalue weighted by molar-refractivity contribution is 9.09. The van der Waals surface area contributed by atoms with E-state index in [0.29, 0.717) is 0 Å². The lowest BCUT2D eigenvalue weighted by Crippen LogP contribution is -1.95. The van der Waals surface area contributed by atoms with Gasteiger partial charge in [-0.1, -0.05) is 39.7 Å². The molecule has 1 atom stereocenters. The Kier molecular flexibility index (Phi) is 3.91. The molecule has 0 bridgehead atoms. The van der Waals surface area contributed by atoms with E-state index in [1.54, 1.807) is 17.4 Å². The third-order valence-electron chi connectivity index (χ3n) is 2.61. The zero-order chi connectivity index (χ0) is 12.6. The number of rotatable bonds is 2. The first-order valence-corrected chi connectivity index (χ1v) is 7.26. The van der Waals surface area contributed by atoms with Gasteiger partial charge in [0.25, 0.3) is 0 Å². The van der Waals surface area contributed by atoms with E-state index < -0.39 is 0 Å². The molecule has 1 aromatic heterocycles. The van der Waals surface area contributed by atoms with Crippen LogP contribution in [0.1, 0.15) is 25.7 Å². The van der Waals surface area contributed by atoms with Crippen molar-refractivity contribution in [2.24, 2.45) is 0 Å². The predicted molar refractivity (Wildman–Crippen MR) is 76.0 cm³/mol. The smallest absolute Gasteiger partial charge is 0.142 e. The number of aryl methyl sites for hydroxylation is 2. The maximum absolute atomic E-state index is 13.4. The summed E-state index contributed by atoms with van der Waals surface area (Å²) in [6.45, 7) is 4.13. The van der Waals surface area contributed by atoms with Crippen LogP contribution in [0.25, 0.3) is 0 Å². The topological polar surface area (TPSA) is 0 Å². The Morgan fingerprint density at radius 3 is 2.59 bits per heavy atom. The molecule has 0 saturated carbocycles. The fraction of sp³-hybridized carbons (Fsp3) is 0.231. The average Bonchev–Trinajstić information content (AvgIpc) is 2.61. The fourth-order valence-electron chi connectivity index (χ4n) is 1.79. The average molecular weight is 334 g/mol. The Labute approximate surface area is 118 Å². The van der Waals surface area contributed by atoms with E-state index in [2.05, 4.69) is 35.8 Å². The Morgan fingerprint density at radius 1 is 1.29 bits per heavy atom. The van der Waals surface area contributed by atoms with Crippen LogP contribution >= 0.6 is 38.9 Å². The van der Waals surface area contributed by atoms with E-state index >= 15 is 0 Å². The molecule has 0 amide bonds. The van der Waals surface area contributed by atoms with Crippen LogP contribution in [0, 0.1) is 19.7 Å². The highest BCUT2D eigenvalue weighted by atomic mass is 79.9. The van der Waals surface area contributed by atoms with Gasteiger partial charge in [-0.2, -0.15) is 0 Å². The van der Waals surface area contributed by atoms with E-state index in [1.807, 2.05) is 6.07 Å². The minimum atomic E-state index is -0.377. The number of benzene rings is 1. The molecule has 1 heterocycles. The molecule has 0 saturated heterocycles. The molecule has 2 rings (SSSR count). The Morgan fingerprint density at radius 2 is 2.00 bits per heavy atom. The second-order valence-corrected chi connectivity index (χ2v) is 6.63. The summed E-state index contributed by atoms with van der Waals surface area (Å²) in [6, 6.07) is 7.01. The van der Waals surface area contributed by atoms with Gasteiger partial charge in [-0.15, -0.1) is 11.3 Å². The van der Waals surface area contributed by atoms with Crippen LogP contribution in [-0.2, 0) is 0 Å². The zero-order valence-electron chi connectivity index (χ0n) is 9.43. The first-order chi connectivity index (χ1) is 8.00. The number of halogens is 3. The molecule has 0 fully saturated rings. The lowest BCUT2D eigenvalue weighted by atomic mass is 10.1. The van der Waals surface area contributed by atoms with Crippen LogP contribution in [0.2, 0.25) is 5.02 Å².